The van der Waals surface area contributed by atoms with Crippen LogP contribution >= 0.6 is 11.8 Å². The summed E-state index contributed by atoms with van der Waals surface area (Å²) in [6, 6.07) is 8.90. The van der Waals surface area contributed by atoms with Crippen LogP contribution in [0.15, 0.2) is 36.4 Å². The first-order valence-electron chi connectivity index (χ1n) is 7.70. The van der Waals surface area contributed by atoms with E-state index in [0.29, 0.717) is 5.69 Å². The van der Waals surface area contributed by atoms with Crippen LogP contribution in [0.1, 0.15) is 12.5 Å². The lowest BCUT2D eigenvalue weighted by Gasteiger charge is -2.13. The Hall–Kier alpha value is -2.48. The highest BCUT2D eigenvalue weighted by Gasteiger charge is 2.19. The van der Waals surface area contributed by atoms with Gasteiger partial charge in [-0.15, -0.1) is 11.8 Å². The molecule has 0 aliphatic carbocycles. The molecule has 1 unspecified atom stereocenters. The van der Waals surface area contributed by atoms with E-state index in [4.69, 9.17) is 0 Å². The second-order valence-corrected chi connectivity index (χ2v) is 6.91. The molecule has 0 fully saturated rings. The van der Waals surface area contributed by atoms with Gasteiger partial charge in [0.1, 0.15) is 0 Å². The number of carbonyl (C=O) groups is 2. The van der Waals surface area contributed by atoms with Gasteiger partial charge in [-0.25, -0.2) is 13.2 Å². The van der Waals surface area contributed by atoms with Gasteiger partial charge in [0.15, 0.2) is 17.5 Å². The van der Waals surface area contributed by atoms with Crippen LogP contribution in [-0.2, 0) is 9.59 Å². The maximum Gasteiger partial charge on any atom is 0.237 e. The lowest BCUT2D eigenvalue weighted by molar-refractivity contribution is -0.115. The van der Waals surface area contributed by atoms with Crippen LogP contribution < -0.4 is 10.6 Å². The topological polar surface area (TPSA) is 58.2 Å². The van der Waals surface area contributed by atoms with E-state index < -0.39 is 34.3 Å². The highest BCUT2D eigenvalue weighted by atomic mass is 32.2. The third-order valence-electron chi connectivity index (χ3n) is 3.46. The molecule has 2 amide bonds. The van der Waals surface area contributed by atoms with Crippen LogP contribution in [0.3, 0.4) is 0 Å². The Labute approximate surface area is 153 Å². The fraction of sp³-hybridized carbons (Fsp3) is 0.222. The van der Waals surface area contributed by atoms with E-state index in [1.54, 1.807) is 12.1 Å². The van der Waals surface area contributed by atoms with Gasteiger partial charge in [-0.2, -0.15) is 0 Å². The molecule has 2 N–H and O–H groups in total. The molecule has 2 rings (SSSR count). The average molecular weight is 382 g/mol. The first kappa shape index (κ1) is 19.8. The van der Waals surface area contributed by atoms with Crippen molar-refractivity contribution in [1.82, 2.24) is 0 Å². The van der Waals surface area contributed by atoms with Crippen molar-refractivity contribution in [3.8, 4) is 0 Å². The van der Waals surface area contributed by atoms with Gasteiger partial charge in [-0.05, 0) is 38.1 Å². The van der Waals surface area contributed by atoms with E-state index in [0.717, 1.165) is 29.5 Å². The van der Waals surface area contributed by atoms with Crippen LogP contribution in [0.25, 0.3) is 0 Å². The predicted octanol–water partition coefficient (Wildman–Crippen LogP) is 4.11. The molecule has 0 aromatic heterocycles. The lowest BCUT2D eigenvalue weighted by atomic mass is 10.2. The number of benzene rings is 2. The number of thioether (sulfide) groups is 1. The fourth-order valence-electron chi connectivity index (χ4n) is 1.97. The summed E-state index contributed by atoms with van der Waals surface area (Å²) in [5.41, 5.74) is 1.25. The zero-order chi connectivity index (χ0) is 19.3. The van der Waals surface area contributed by atoms with Crippen molar-refractivity contribution in [2.45, 2.75) is 19.1 Å². The molecule has 4 nitrogen and oxygen atoms in total. The number of anilines is 2. The van der Waals surface area contributed by atoms with E-state index in [1.165, 1.54) is 6.92 Å². The SMILES string of the molecule is Cc1ccc(NC(=O)CSC(C)C(=O)Nc2ccc(F)c(F)c2F)cc1. The molecule has 0 aliphatic heterocycles. The van der Waals surface area contributed by atoms with Crippen LogP contribution in [0, 0.1) is 24.4 Å². The molecular formula is C18H17F3N2O2S. The highest BCUT2D eigenvalue weighted by molar-refractivity contribution is 8.01. The van der Waals surface area contributed by atoms with Gasteiger partial charge in [0, 0.05) is 5.69 Å². The Bertz CT molecular complexity index is 813. The minimum absolute atomic E-state index is 0.00270. The molecular weight excluding hydrogens is 365 g/mol. The Morgan fingerprint density at radius 2 is 1.65 bits per heavy atom. The number of hydrogen-bond acceptors (Lipinski definition) is 3. The smallest absolute Gasteiger partial charge is 0.237 e. The first-order valence-corrected chi connectivity index (χ1v) is 8.75. The van der Waals surface area contributed by atoms with Gasteiger partial charge in [0.25, 0.3) is 0 Å². The summed E-state index contributed by atoms with van der Waals surface area (Å²) in [5.74, 6) is -5.37. The van der Waals surface area contributed by atoms with Crippen molar-refractivity contribution in [1.29, 1.82) is 0 Å². The quantitative estimate of drug-likeness (QED) is 0.739. The number of carbonyl (C=O) groups excluding carboxylic acids is 2. The van der Waals surface area contributed by atoms with Crippen molar-refractivity contribution in [3.05, 3.63) is 59.4 Å². The molecule has 138 valence electrons. The molecule has 26 heavy (non-hydrogen) atoms. The molecule has 0 spiro atoms. The van der Waals surface area contributed by atoms with E-state index in [9.17, 15) is 22.8 Å². The largest absolute Gasteiger partial charge is 0.325 e. The van der Waals surface area contributed by atoms with Gasteiger partial charge in [-0.1, -0.05) is 17.7 Å². The summed E-state index contributed by atoms with van der Waals surface area (Å²) in [6.45, 7) is 3.45. The monoisotopic (exact) mass is 382 g/mol. The van der Waals surface area contributed by atoms with Crippen molar-refractivity contribution >= 4 is 35.0 Å². The van der Waals surface area contributed by atoms with Gasteiger partial charge in [-0.3, -0.25) is 9.59 Å². The van der Waals surface area contributed by atoms with Crippen LogP contribution in [-0.4, -0.2) is 22.8 Å². The maximum absolute atomic E-state index is 13.6. The average Bonchev–Trinajstić information content (AvgIpc) is 2.62. The van der Waals surface area contributed by atoms with E-state index in [2.05, 4.69) is 10.6 Å². The third-order valence-corrected chi connectivity index (χ3v) is 4.60. The molecule has 1 atom stereocenters. The van der Waals surface area contributed by atoms with Crippen molar-refractivity contribution in [3.63, 3.8) is 0 Å². The summed E-state index contributed by atoms with van der Waals surface area (Å²) in [6.07, 6.45) is 0. The second kappa shape index (κ2) is 8.75. The van der Waals surface area contributed by atoms with Gasteiger partial charge < -0.3 is 10.6 Å². The Kier molecular flexibility index (Phi) is 6.68. The second-order valence-electron chi connectivity index (χ2n) is 5.58. The summed E-state index contributed by atoms with van der Waals surface area (Å²) in [7, 11) is 0. The molecule has 0 bridgehead atoms. The van der Waals surface area contributed by atoms with Gasteiger partial charge in [0.2, 0.25) is 11.8 Å². The molecule has 2 aromatic rings. The molecule has 0 aliphatic rings. The van der Waals surface area contributed by atoms with Crippen molar-refractivity contribution < 1.29 is 22.8 Å². The number of nitrogens with one attached hydrogen (secondary N) is 2. The predicted molar refractivity (Wildman–Crippen MR) is 96.7 cm³/mol. The van der Waals surface area contributed by atoms with Gasteiger partial charge in [0.05, 0.1) is 16.7 Å². The molecule has 0 radical (unpaired) electrons. The normalized spacial score (nSPS) is 11.7. The van der Waals surface area contributed by atoms with Crippen LogP contribution in [0.4, 0.5) is 24.5 Å². The minimum Gasteiger partial charge on any atom is -0.325 e. The summed E-state index contributed by atoms with van der Waals surface area (Å²) in [4.78, 5) is 23.9. The molecule has 8 heteroatoms. The van der Waals surface area contributed by atoms with Gasteiger partial charge >= 0.3 is 0 Å². The number of rotatable bonds is 6. The minimum atomic E-state index is -1.65. The number of aryl methyl sites for hydroxylation is 1. The number of halogens is 3. The molecule has 2 aromatic carbocycles. The van der Waals surface area contributed by atoms with E-state index in [1.807, 2.05) is 19.1 Å². The van der Waals surface area contributed by atoms with Crippen molar-refractivity contribution in [2.75, 3.05) is 16.4 Å². The van der Waals surface area contributed by atoms with E-state index >= 15 is 0 Å². The fourth-order valence-corrected chi connectivity index (χ4v) is 2.65. The summed E-state index contributed by atoms with van der Waals surface area (Å²) in [5, 5.41) is 4.18. The molecule has 0 saturated heterocycles. The standard InChI is InChI=1S/C18H17F3N2O2S/c1-10-3-5-12(6-4-10)22-15(24)9-26-11(2)18(25)23-14-8-7-13(19)16(20)17(14)21/h3-8,11H,9H2,1-2H3,(H,22,24)(H,23,25). The Morgan fingerprint density at radius 1 is 1.00 bits per heavy atom. The lowest BCUT2D eigenvalue weighted by Crippen LogP contribution is -2.25. The molecule has 0 heterocycles. The Morgan fingerprint density at radius 3 is 2.31 bits per heavy atom. The zero-order valence-electron chi connectivity index (χ0n) is 14.1. The van der Waals surface area contributed by atoms with Crippen molar-refractivity contribution in [2.24, 2.45) is 0 Å². The number of hydrogen-bond donors (Lipinski definition) is 2. The highest BCUT2D eigenvalue weighted by Crippen LogP contribution is 2.21. The number of amides is 2. The summed E-state index contributed by atoms with van der Waals surface area (Å²) >= 11 is 1.03. The van der Waals surface area contributed by atoms with Crippen LogP contribution in [0.2, 0.25) is 0 Å². The summed E-state index contributed by atoms with van der Waals surface area (Å²) < 4.78 is 39.6. The maximum atomic E-state index is 13.6. The zero-order valence-corrected chi connectivity index (χ0v) is 14.9. The van der Waals surface area contributed by atoms with Crippen LogP contribution in [0.5, 0.6) is 0 Å². The third kappa shape index (κ3) is 5.26. The molecule has 0 saturated carbocycles. The first-order chi connectivity index (χ1) is 12.3. The van der Waals surface area contributed by atoms with E-state index in [-0.39, 0.29) is 11.7 Å². The Balaban J connectivity index is 1.86.